The number of hydrogen-bond acceptors (Lipinski definition) is 2. The Morgan fingerprint density at radius 2 is 1.12 bits per heavy atom. The number of fused-ring (bicyclic) bond motifs is 6. The van der Waals surface area contributed by atoms with Crippen LogP contribution >= 0.6 is 0 Å². The van der Waals surface area contributed by atoms with E-state index in [9.17, 15) is 0 Å². The van der Waals surface area contributed by atoms with Gasteiger partial charge in [-0.25, -0.2) is 0 Å². The van der Waals surface area contributed by atoms with E-state index >= 15 is 0 Å². The highest BCUT2D eigenvalue weighted by Gasteiger charge is 2.37. The van der Waals surface area contributed by atoms with Crippen LogP contribution in [-0.4, -0.2) is 4.98 Å². The molecular formula is C48H34N2. The molecule has 8 aromatic rings. The van der Waals surface area contributed by atoms with Crippen molar-refractivity contribution in [2.24, 2.45) is 0 Å². The summed E-state index contributed by atoms with van der Waals surface area (Å²) in [4.78, 5) is 7.06. The first-order valence-corrected chi connectivity index (χ1v) is 17.4. The van der Waals surface area contributed by atoms with Crippen molar-refractivity contribution in [1.82, 2.24) is 4.98 Å². The first kappa shape index (κ1) is 28.7. The molecule has 0 unspecified atom stereocenters. The van der Waals surface area contributed by atoms with Crippen LogP contribution < -0.4 is 4.90 Å². The minimum atomic E-state index is -0.0967. The molecule has 2 nitrogen and oxygen atoms in total. The van der Waals surface area contributed by atoms with Gasteiger partial charge in [-0.2, -0.15) is 0 Å². The van der Waals surface area contributed by atoms with E-state index in [-0.39, 0.29) is 5.41 Å². The molecule has 0 radical (unpaired) electrons. The Morgan fingerprint density at radius 1 is 0.460 bits per heavy atom. The molecule has 50 heavy (non-hydrogen) atoms. The Hall–Kier alpha value is -6.25. The fourth-order valence-electron chi connectivity index (χ4n) is 8.54. The van der Waals surface area contributed by atoms with Crippen molar-refractivity contribution in [3.63, 3.8) is 0 Å². The minimum Gasteiger partial charge on any atom is -0.310 e. The lowest BCUT2D eigenvalue weighted by atomic mass is 9.82. The third-order valence-electron chi connectivity index (χ3n) is 10.9. The molecule has 2 aliphatic carbocycles. The fourth-order valence-corrected chi connectivity index (χ4v) is 8.54. The van der Waals surface area contributed by atoms with Gasteiger partial charge >= 0.3 is 0 Å². The Kier molecular flexibility index (Phi) is 6.25. The van der Waals surface area contributed by atoms with E-state index in [4.69, 9.17) is 0 Å². The summed E-state index contributed by atoms with van der Waals surface area (Å²) in [6.07, 6.45) is 1.85. The van der Waals surface area contributed by atoms with Crippen molar-refractivity contribution in [2.45, 2.75) is 19.3 Å². The van der Waals surface area contributed by atoms with Crippen molar-refractivity contribution >= 4 is 27.8 Å². The number of pyridine rings is 1. The Balaban J connectivity index is 1.17. The Morgan fingerprint density at radius 3 is 1.92 bits per heavy atom. The molecule has 0 saturated heterocycles. The summed E-state index contributed by atoms with van der Waals surface area (Å²) in [6.45, 7) is 4.70. The van der Waals surface area contributed by atoms with Crippen molar-refractivity contribution in [2.75, 3.05) is 4.90 Å². The summed E-state index contributed by atoms with van der Waals surface area (Å²) in [5.41, 5.74) is 18.4. The van der Waals surface area contributed by atoms with E-state index in [1.54, 1.807) is 0 Å². The molecule has 0 fully saturated rings. The summed E-state index contributed by atoms with van der Waals surface area (Å²) in [6, 6.07) is 59.9. The van der Waals surface area contributed by atoms with Gasteiger partial charge in [-0.1, -0.05) is 135 Å². The molecule has 0 aliphatic heterocycles. The van der Waals surface area contributed by atoms with Gasteiger partial charge in [0.05, 0.1) is 11.4 Å². The monoisotopic (exact) mass is 638 g/mol. The van der Waals surface area contributed by atoms with Crippen LogP contribution in [0.2, 0.25) is 0 Å². The number of benzene rings is 7. The molecule has 2 aliphatic rings. The van der Waals surface area contributed by atoms with Crippen LogP contribution in [0, 0.1) is 0 Å². The molecule has 0 amide bonds. The largest absolute Gasteiger partial charge is 0.310 e. The van der Waals surface area contributed by atoms with Crippen molar-refractivity contribution in [1.29, 1.82) is 0 Å². The van der Waals surface area contributed by atoms with Gasteiger partial charge in [-0.05, 0) is 103 Å². The maximum absolute atomic E-state index is 4.61. The third-order valence-corrected chi connectivity index (χ3v) is 10.9. The van der Waals surface area contributed by atoms with Crippen molar-refractivity contribution in [3.8, 4) is 55.8 Å². The summed E-state index contributed by atoms with van der Waals surface area (Å²) < 4.78 is 0. The molecule has 1 aromatic heterocycles. The molecule has 0 saturated carbocycles. The van der Waals surface area contributed by atoms with Crippen LogP contribution in [-0.2, 0) is 5.41 Å². The predicted molar refractivity (Wildman–Crippen MR) is 209 cm³/mol. The first-order valence-electron chi connectivity index (χ1n) is 17.4. The van der Waals surface area contributed by atoms with E-state index < -0.39 is 0 Å². The highest BCUT2D eigenvalue weighted by atomic mass is 15.1. The van der Waals surface area contributed by atoms with Gasteiger partial charge in [0.15, 0.2) is 0 Å². The van der Waals surface area contributed by atoms with Crippen LogP contribution in [0.5, 0.6) is 0 Å². The van der Waals surface area contributed by atoms with Gasteiger partial charge in [0, 0.05) is 34.1 Å². The minimum absolute atomic E-state index is 0.0967. The average Bonchev–Trinajstić information content (AvgIpc) is 3.62. The summed E-state index contributed by atoms with van der Waals surface area (Å²) in [7, 11) is 0. The topological polar surface area (TPSA) is 16.1 Å². The molecule has 0 spiro atoms. The molecule has 1 heterocycles. The second-order valence-electron chi connectivity index (χ2n) is 14.0. The molecule has 236 valence electrons. The number of rotatable bonds is 5. The van der Waals surface area contributed by atoms with Gasteiger partial charge < -0.3 is 4.90 Å². The SMILES string of the molecule is CC1(C)c2ccccc2-c2c(N(c3ccc(-c4ccccn4)cc3)c3cccc(-c4ccc5c6c(cccc46)-c4ccccc4-5)c3)cccc21. The van der Waals surface area contributed by atoms with Gasteiger partial charge in [0.2, 0.25) is 0 Å². The summed E-state index contributed by atoms with van der Waals surface area (Å²) in [5.74, 6) is 0. The number of hydrogen-bond donors (Lipinski definition) is 0. The molecule has 10 rings (SSSR count). The molecule has 0 N–H and O–H groups in total. The van der Waals surface area contributed by atoms with E-state index in [1.165, 1.54) is 72.1 Å². The molecular weight excluding hydrogens is 605 g/mol. The molecule has 7 aromatic carbocycles. The Bertz CT molecular complexity index is 2590. The number of nitrogens with zero attached hydrogens (tertiary/aromatic N) is 2. The molecule has 2 heteroatoms. The standard InChI is InChI=1S/C48H34N2/c1-48(2)42-19-6-5-16-41(42)47-43(48)20-11-22-45(47)50(33-25-23-31(24-26-33)44-21-7-8-29-49-44)34-13-9-12-32(30-34)35-27-28-40-37-15-4-3-14-36(37)39-18-10-17-38(35)46(39)40/h3-30H,1-2H3. The van der Waals surface area contributed by atoms with Crippen LogP contribution in [0.4, 0.5) is 17.1 Å². The maximum atomic E-state index is 4.61. The van der Waals surface area contributed by atoms with E-state index in [0.29, 0.717) is 0 Å². The van der Waals surface area contributed by atoms with E-state index in [1.807, 2.05) is 18.3 Å². The van der Waals surface area contributed by atoms with Gasteiger partial charge in [-0.3, -0.25) is 4.98 Å². The quantitative estimate of drug-likeness (QED) is 0.186. The van der Waals surface area contributed by atoms with Crippen LogP contribution in [0.1, 0.15) is 25.0 Å². The van der Waals surface area contributed by atoms with Crippen LogP contribution in [0.25, 0.3) is 66.5 Å². The van der Waals surface area contributed by atoms with Crippen molar-refractivity contribution in [3.05, 3.63) is 181 Å². The lowest BCUT2D eigenvalue weighted by molar-refractivity contribution is 0.660. The first-order chi connectivity index (χ1) is 24.6. The highest BCUT2D eigenvalue weighted by molar-refractivity contribution is 6.18. The zero-order valence-electron chi connectivity index (χ0n) is 28.1. The molecule has 0 atom stereocenters. The van der Waals surface area contributed by atoms with Gasteiger partial charge in [-0.15, -0.1) is 0 Å². The highest BCUT2D eigenvalue weighted by Crippen LogP contribution is 2.55. The average molecular weight is 639 g/mol. The fraction of sp³-hybridized carbons (Fsp3) is 0.0625. The zero-order valence-corrected chi connectivity index (χ0v) is 28.1. The Labute approximate surface area is 293 Å². The van der Waals surface area contributed by atoms with Crippen LogP contribution in [0.15, 0.2) is 170 Å². The second-order valence-corrected chi connectivity index (χ2v) is 14.0. The van der Waals surface area contributed by atoms with E-state index in [0.717, 1.165) is 22.6 Å². The van der Waals surface area contributed by atoms with Gasteiger partial charge in [0.25, 0.3) is 0 Å². The second kappa shape index (κ2) is 10.9. The number of aromatic nitrogens is 1. The lowest BCUT2D eigenvalue weighted by Gasteiger charge is -2.29. The zero-order chi connectivity index (χ0) is 33.4. The van der Waals surface area contributed by atoms with Gasteiger partial charge in [0.1, 0.15) is 0 Å². The third kappa shape index (κ3) is 4.18. The summed E-state index contributed by atoms with van der Waals surface area (Å²) >= 11 is 0. The maximum Gasteiger partial charge on any atom is 0.0701 e. The smallest absolute Gasteiger partial charge is 0.0701 e. The van der Waals surface area contributed by atoms with Crippen molar-refractivity contribution < 1.29 is 0 Å². The predicted octanol–water partition coefficient (Wildman–Crippen LogP) is 13.0. The van der Waals surface area contributed by atoms with Crippen LogP contribution in [0.3, 0.4) is 0 Å². The summed E-state index contributed by atoms with van der Waals surface area (Å²) in [5, 5.41) is 2.63. The normalized spacial score (nSPS) is 13.2. The van der Waals surface area contributed by atoms with E-state index in [2.05, 4.69) is 175 Å². The lowest BCUT2D eigenvalue weighted by Crippen LogP contribution is -2.16. The number of anilines is 3. The molecule has 0 bridgehead atoms.